The van der Waals surface area contributed by atoms with Gasteiger partial charge in [0.1, 0.15) is 0 Å². The molecule has 0 bridgehead atoms. The van der Waals surface area contributed by atoms with Gasteiger partial charge in [-0.1, -0.05) is 52.0 Å². The minimum absolute atomic E-state index is 0.437. The molecule has 82 valence electrons. The Labute approximate surface area is 90.1 Å². The Morgan fingerprint density at radius 3 is 2.07 bits per heavy atom. The van der Waals surface area contributed by atoms with Crippen molar-refractivity contribution in [2.75, 3.05) is 0 Å². The number of rotatable bonds is 6. The summed E-state index contributed by atoms with van der Waals surface area (Å²) >= 11 is 0. The summed E-state index contributed by atoms with van der Waals surface area (Å²) in [6.45, 7) is 19.3. The molecule has 0 nitrogen and oxygen atoms in total. The van der Waals surface area contributed by atoms with Crippen molar-refractivity contribution in [3.8, 4) is 0 Å². The summed E-state index contributed by atoms with van der Waals surface area (Å²) in [6, 6.07) is 0. The van der Waals surface area contributed by atoms with Crippen LogP contribution < -0.4 is 0 Å². The third kappa shape index (κ3) is 6.01. The molecule has 0 aliphatic heterocycles. The molecule has 0 aliphatic carbocycles. The highest BCUT2D eigenvalue weighted by Crippen LogP contribution is 2.32. The lowest BCUT2D eigenvalue weighted by atomic mass is 9.79. The van der Waals surface area contributed by atoms with Crippen molar-refractivity contribution in [1.82, 2.24) is 0 Å². The van der Waals surface area contributed by atoms with Crippen LogP contribution in [0, 0.1) is 11.3 Å². The molecule has 0 radical (unpaired) electrons. The van der Waals surface area contributed by atoms with Gasteiger partial charge in [-0.3, -0.25) is 0 Å². The lowest BCUT2D eigenvalue weighted by molar-refractivity contribution is 0.266. The molecule has 0 aromatic carbocycles. The molecule has 0 N–H and O–H groups in total. The van der Waals surface area contributed by atoms with E-state index in [0.717, 1.165) is 17.9 Å². The van der Waals surface area contributed by atoms with Crippen molar-refractivity contribution in [2.45, 2.75) is 53.9 Å². The summed E-state index contributed by atoms with van der Waals surface area (Å²) in [5.41, 5.74) is 2.78. The second kappa shape index (κ2) is 5.38. The minimum Gasteiger partial charge on any atom is -0.0959 e. The molecule has 0 heteroatoms. The fraction of sp³-hybridized carbons (Fsp3) is 0.714. The fourth-order valence-electron chi connectivity index (χ4n) is 1.91. The highest BCUT2D eigenvalue weighted by atomic mass is 14.2. The zero-order chi connectivity index (χ0) is 11.4. The fourth-order valence-corrected chi connectivity index (χ4v) is 1.91. The summed E-state index contributed by atoms with van der Waals surface area (Å²) in [7, 11) is 0. The smallest absolute Gasteiger partial charge is 0.0277 e. The highest BCUT2D eigenvalue weighted by Gasteiger charge is 2.19. The molecule has 0 spiro atoms. The van der Waals surface area contributed by atoms with Gasteiger partial charge < -0.3 is 0 Å². The topological polar surface area (TPSA) is 0 Å². The molecule has 0 saturated carbocycles. The van der Waals surface area contributed by atoms with Crippen molar-refractivity contribution in [3.05, 3.63) is 24.3 Å². The molecular formula is C14H26. The van der Waals surface area contributed by atoms with Gasteiger partial charge >= 0.3 is 0 Å². The van der Waals surface area contributed by atoms with Crippen molar-refractivity contribution in [1.29, 1.82) is 0 Å². The first-order chi connectivity index (χ1) is 6.24. The molecule has 0 atom stereocenters. The molecule has 0 heterocycles. The van der Waals surface area contributed by atoms with Crippen LogP contribution in [0.5, 0.6) is 0 Å². The van der Waals surface area contributed by atoms with Crippen LogP contribution in [0.4, 0.5) is 0 Å². The van der Waals surface area contributed by atoms with Crippen LogP contribution in [-0.4, -0.2) is 0 Å². The standard InChI is InChI=1S/C14H26/c1-11(2)10-14(6,7)9-8-13(5)12(3)4/h11H,3,5,8-10H2,1-2,4,6-7H3. The van der Waals surface area contributed by atoms with Crippen molar-refractivity contribution < 1.29 is 0 Å². The van der Waals surface area contributed by atoms with Gasteiger partial charge in [0.05, 0.1) is 0 Å². The lowest BCUT2D eigenvalue weighted by Crippen LogP contribution is -2.14. The first kappa shape index (κ1) is 13.5. The Morgan fingerprint density at radius 2 is 1.71 bits per heavy atom. The van der Waals surface area contributed by atoms with E-state index in [1.807, 2.05) is 6.92 Å². The van der Waals surface area contributed by atoms with E-state index >= 15 is 0 Å². The van der Waals surface area contributed by atoms with Crippen molar-refractivity contribution >= 4 is 0 Å². The van der Waals surface area contributed by atoms with E-state index in [4.69, 9.17) is 0 Å². The maximum atomic E-state index is 4.04. The third-order valence-electron chi connectivity index (χ3n) is 2.67. The summed E-state index contributed by atoms with van der Waals surface area (Å²) in [5.74, 6) is 0.781. The predicted molar refractivity (Wildman–Crippen MR) is 66.4 cm³/mol. The van der Waals surface area contributed by atoms with Crippen LogP contribution in [0.25, 0.3) is 0 Å². The quantitative estimate of drug-likeness (QED) is 0.524. The van der Waals surface area contributed by atoms with Crippen LogP contribution in [0.2, 0.25) is 0 Å². The maximum Gasteiger partial charge on any atom is -0.0277 e. The van der Waals surface area contributed by atoms with E-state index < -0.39 is 0 Å². The largest absolute Gasteiger partial charge is 0.0959 e. The Morgan fingerprint density at radius 1 is 1.21 bits per heavy atom. The molecular weight excluding hydrogens is 168 g/mol. The van der Waals surface area contributed by atoms with Crippen LogP contribution >= 0.6 is 0 Å². The number of hydrogen-bond acceptors (Lipinski definition) is 0. The zero-order valence-electron chi connectivity index (χ0n) is 10.6. The molecule has 0 aromatic rings. The highest BCUT2D eigenvalue weighted by molar-refractivity contribution is 5.22. The van der Waals surface area contributed by atoms with E-state index in [9.17, 15) is 0 Å². The van der Waals surface area contributed by atoms with E-state index in [2.05, 4.69) is 40.9 Å². The van der Waals surface area contributed by atoms with Crippen molar-refractivity contribution in [3.63, 3.8) is 0 Å². The number of hydrogen-bond donors (Lipinski definition) is 0. The van der Waals surface area contributed by atoms with Gasteiger partial charge in [0, 0.05) is 0 Å². The molecule has 0 aromatic heterocycles. The van der Waals surface area contributed by atoms with Crippen LogP contribution in [0.1, 0.15) is 53.9 Å². The van der Waals surface area contributed by atoms with Gasteiger partial charge in [0.15, 0.2) is 0 Å². The van der Waals surface area contributed by atoms with Gasteiger partial charge in [0.25, 0.3) is 0 Å². The minimum atomic E-state index is 0.437. The molecule has 0 fully saturated rings. The summed E-state index contributed by atoms with van der Waals surface area (Å²) < 4.78 is 0. The van der Waals surface area contributed by atoms with Gasteiger partial charge in [-0.15, -0.1) is 0 Å². The molecule has 0 unspecified atom stereocenters. The average molecular weight is 194 g/mol. The second-order valence-electron chi connectivity index (χ2n) is 5.65. The Kier molecular flexibility index (Phi) is 5.18. The van der Waals surface area contributed by atoms with Crippen molar-refractivity contribution in [2.24, 2.45) is 11.3 Å². The first-order valence-electron chi connectivity index (χ1n) is 5.58. The average Bonchev–Trinajstić information content (AvgIpc) is 1.97. The normalized spacial score (nSPS) is 11.9. The van der Waals surface area contributed by atoms with E-state index in [0.29, 0.717) is 5.41 Å². The van der Waals surface area contributed by atoms with E-state index in [1.54, 1.807) is 0 Å². The van der Waals surface area contributed by atoms with Gasteiger partial charge in [0.2, 0.25) is 0 Å². The summed E-state index contributed by atoms with van der Waals surface area (Å²) in [5, 5.41) is 0. The SMILES string of the molecule is C=C(C)C(=C)CCC(C)(C)CC(C)C. The van der Waals surface area contributed by atoms with Crippen LogP contribution in [0.15, 0.2) is 24.3 Å². The van der Waals surface area contributed by atoms with Crippen LogP contribution in [-0.2, 0) is 0 Å². The van der Waals surface area contributed by atoms with Gasteiger partial charge in [-0.2, -0.15) is 0 Å². The molecule has 0 saturated heterocycles. The second-order valence-corrected chi connectivity index (χ2v) is 5.65. The Bertz CT molecular complexity index is 206. The molecule has 0 rings (SSSR count). The number of allylic oxidation sites excluding steroid dienone is 2. The zero-order valence-corrected chi connectivity index (χ0v) is 10.6. The third-order valence-corrected chi connectivity index (χ3v) is 2.67. The van der Waals surface area contributed by atoms with Crippen LogP contribution in [0.3, 0.4) is 0 Å². The maximum absolute atomic E-state index is 4.04. The Hall–Kier alpha value is -0.520. The van der Waals surface area contributed by atoms with E-state index in [-0.39, 0.29) is 0 Å². The first-order valence-corrected chi connectivity index (χ1v) is 5.58. The summed E-state index contributed by atoms with van der Waals surface area (Å²) in [4.78, 5) is 0. The van der Waals surface area contributed by atoms with E-state index in [1.165, 1.54) is 18.4 Å². The Balaban J connectivity index is 3.98. The van der Waals surface area contributed by atoms with Gasteiger partial charge in [-0.25, -0.2) is 0 Å². The molecule has 0 amide bonds. The summed E-state index contributed by atoms with van der Waals surface area (Å²) in [6.07, 6.45) is 3.60. The lowest BCUT2D eigenvalue weighted by Gasteiger charge is -2.27. The molecule has 0 aliphatic rings. The molecule has 14 heavy (non-hydrogen) atoms. The van der Waals surface area contributed by atoms with Gasteiger partial charge in [-0.05, 0) is 37.5 Å². The predicted octanol–water partition coefficient (Wildman–Crippen LogP) is 4.97. The monoisotopic (exact) mass is 194 g/mol.